The average Bonchev–Trinajstić information content (AvgIpc) is 2.89. The van der Waals surface area contributed by atoms with E-state index in [1.807, 2.05) is 17.5 Å². The second-order valence-corrected chi connectivity index (χ2v) is 5.58. The first-order valence-corrected chi connectivity index (χ1v) is 6.77. The third-order valence-electron chi connectivity index (χ3n) is 3.07. The minimum atomic E-state index is -0.943. The van der Waals surface area contributed by atoms with E-state index < -0.39 is 17.2 Å². The lowest BCUT2D eigenvalue weighted by Gasteiger charge is -2.29. The van der Waals surface area contributed by atoms with E-state index in [0.717, 1.165) is 10.9 Å². The molecule has 1 unspecified atom stereocenters. The standard InChI is InChI=1S/C14H15F2NOS/c1-14(9-18,17-8-11-3-2-6-19-11)12-5-4-10(15)7-13(12)16/h2-7,17-18H,8-9H2,1H3. The van der Waals surface area contributed by atoms with E-state index in [0.29, 0.717) is 6.54 Å². The summed E-state index contributed by atoms with van der Waals surface area (Å²) in [6.45, 7) is 1.93. The molecule has 0 amide bonds. The van der Waals surface area contributed by atoms with Crippen molar-refractivity contribution in [3.8, 4) is 0 Å². The van der Waals surface area contributed by atoms with Crippen LogP contribution in [-0.2, 0) is 12.1 Å². The maximum atomic E-state index is 13.8. The first-order chi connectivity index (χ1) is 9.05. The molecule has 0 saturated carbocycles. The fraction of sp³-hybridized carbons (Fsp3) is 0.286. The number of aliphatic hydroxyl groups is 1. The van der Waals surface area contributed by atoms with Crippen LogP contribution in [0.15, 0.2) is 35.7 Å². The minimum absolute atomic E-state index is 0.257. The van der Waals surface area contributed by atoms with Crippen molar-refractivity contribution in [1.29, 1.82) is 0 Å². The molecular formula is C14H15F2NOS. The predicted molar refractivity (Wildman–Crippen MR) is 72.0 cm³/mol. The number of hydrogen-bond donors (Lipinski definition) is 2. The summed E-state index contributed by atoms with van der Waals surface area (Å²) in [6, 6.07) is 7.27. The van der Waals surface area contributed by atoms with Gasteiger partial charge in [-0.1, -0.05) is 12.1 Å². The smallest absolute Gasteiger partial charge is 0.131 e. The van der Waals surface area contributed by atoms with E-state index in [1.54, 1.807) is 18.3 Å². The first kappa shape index (κ1) is 14.1. The van der Waals surface area contributed by atoms with Crippen LogP contribution in [0.3, 0.4) is 0 Å². The quantitative estimate of drug-likeness (QED) is 0.884. The number of rotatable bonds is 5. The summed E-state index contributed by atoms with van der Waals surface area (Å²) < 4.78 is 26.7. The van der Waals surface area contributed by atoms with Gasteiger partial charge in [-0.25, -0.2) is 8.78 Å². The topological polar surface area (TPSA) is 32.3 Å². The Bertz CT molecular complexity index is 544. The molecule has 2 rings (SSSR count). The lowest BCUT2D eigenvalue weighted by molar-refractivity contribution is 0.170. The molecule has 19 heavy (non-hydrogen) atoms. The molecule has 0 fully saturated rings. The Balaban J connectivity index is 2.21. The van der Waals surface area contributed by atoms with Crippen LogP contribution in [0.1, 0.15) is 17.4 Å². The molecule has 0 aliphatic carbocycles. The molecular weight excluding hydrogens is 268 g/mol. The second-order valence-electron chi connectivity index (χ2n) is 4.55. The fourth-order valence-electron chi connectivity index (χ4n) is 1.87. The van der Waals surface area contributed by atoms with Gasteiger partial charge >= 0.3 is 0 Å². The van der Waals surface area contributed by atoms with E-state index in [9.17, 15) is 13.9 Å². The highest BCUT2D eigenvalue weighted by Gasteiger charge is 2.28. The molecule has 2 nitrogen and oxygen atoms in total. The first-order valence-electron chi connectivity index (χ1n) is 5.89. The average molecular weight is 283 g/mol. The molecule has 0 spiro atoms. The molecule has 2 aromatic rings. The summed E-state index contributed by atoms with van der Waals surface area (Å²) in [6.07, 6.45) is 0. The van der Waals surface area contributed by atoms with Crippen LogP contribution in [0, 0.1) is 11.6 Å². The molecule has 0 aliphatic heterocycles. The molecule has 0 saturated heterocycles. The monoisotopic (exact) mass is 283 g/mol. The van der Waals surface area contributed by atoms with Gasteiger partial charge in [0.1, 0.15) is 11.6 Å². The van der Waals surface area contributed by atoms with Gasteiger partial charge in [0.25, 0.3) is 0 Å². The molecule has 0 radical (unpaired) electrons. The van der Waals surface area contributed by atoms with Gasteiger partial charge in [-0.05, 0) is 24.4 Å². The Morgan fingerprint density at radius 2 is 2.11 bits per heavy atom. The van der Waals surface area contributed by atoms with Gasteiger partial charge in [-0.3, -0.25) is 0 Å². The van der Waals surface area contributed by atoms with Crippen LogP contribution >= 0.6 is 11.3 Å². The normalized spacial score (nSPS) is 14.3. The van der Waals surface area contributed by atoms with Crippen LogP contribution in [-0.4, -0.2) is 11.7 Å². The summed E-state index contributed by atoms with van der Waals surface area (Å²) in [4.78, 5) is 1.09. The van der Waals surface area contributed by atoms with Crippen molar-refractivity contribution in [3.05, 3.63) is 57.8 Å². The maximum Gasteiger partial charge on any atom is 0.131 e. The summed E-state index contributed by atoms with van der Waals surface area (Å²) in [7, 11) is 0. The lowest BCUT2D eigenvalue weighted by atomic mass is 9.92. The zero-order valence-corrected chi connectivity index (χ0v) is 11.3. The van der Waals surface area contributed by atoms with Crippen LogP contribution in [0.5, 0.6) is 0 Å². The third kappa shape index (κ3) is 3.18. The van der Waals surface area contributed by atoms with Crippen LogP contribution < -0.4 is 5.32 Å². The van der Waals surface area contributed by atoms with E-state index in [-0.39, 0.29) is 12.2 Å². The van der Waals surface area contributed by atoms with Crippen molar-refractivity contribution in [2.75, 3.05) is 6.61 Å². The number of halogens is 2. The number of hydrogen-bond acceptors (Lipinski definition) is 3. The maximum absolute atomic E-state index is 13.8. The van der Waals surface area contributed by atoms with Crippen molar-refractivity contribution in [2.45, 2.75) is 19.0 Å². The number of thiophene rings is 1. The van der Waals surface area contributed by atoms with E-state index >= 15 is 0 Å². The molecule has 1 aromatic carbocycles. The molecule has 1 atom stereocenters. The summed E-state index contributed by atoms with van der Waals surface area (Å²) in [5, 5.41) is 14.6. The van der Waals surface area contributed by atoms with Crippen LogP contribution in [0.2, 0.25) is 0 Å². The summed E-state index contributed by atoms with van der Waals surface area (Å²) in [5.74, 6) is -1.28. The highest BCUT2D eigenvalue weighted by molar-refractivity contribution is 7.09. The van der Waals surface area contributed by atoms with E-state index in [4.69, 9.17) is 0 Å². The zero-order valence-electron chi connectivity index (χ0n) is 10.5. The SMILES string of the molecule is CC(CO)(NCc1cccs1)c1ccc(F)cc1F. The van der Waals surface area contributed by atoms with Crippen LogP contribution in [0.4, 0.5) is 8.78 Å². The molecule has 5 heteroatoms. The fourth-order valence-corrected chi connectivity index (χ4v) is 2.51. The summed E-state index contributed by atoms with van der Waals surface area (Å²) in [5.41, 5.74) is -0.685. The van der Waals surface area contributed by atoms with Crippen molar-refractivity contribution in [1.82, 2.24) is 5.32 Å². The Morgan fingerprint density at radius 1 is 1.32 bits per heavy atom. The Hall–Kier alpha value is -1.30. The summed E-state index contributed by atoms with van der Waals surface area (Å²) >= 11 is 1.58. The Labute approximate surface area is 114 Å². The number of nitrogens with one attached hydrogen (secondary N) is 1. The van der Waals surface area contributed by atoms with Gasteiger partial charge < -0.3 is 10.4 Å². The molecule has 2 N–H and O–H groups in total. The van der Waals surface area contributed by atoms with Crippen molar-refractivity contribution in [3.63, 3.8) is 0 Å². The second kappa shape index (κ2) is 5.77. The van der Waals surface area contributed by atoms with Crippen LogP contribution in [0.25, 0.3) is 0 Å². The van der Waals surface area contributed by atoms with Gasteiger partial charge in [0.15, 0.2) is 0 Å². The van der Waals surface area contributed by atoms with Gasteiger partial charge in [-0.2, -0.15) is 0 Å². The molecule has 1 heterocycles. The van der Waals surface area contributed by atoms with Gasteiger partial charge in [0.05, 0.1) is 12.1 Å². The molecule has 0 bridgehead atoms. The van der Waals surface area contributed by atoms with E-state index in [2.05, 4.69) is 5.32 Å². The molecule has 0 aliphatic rings. The minimum Gasteiger partial charge on any atom is -0.394 e. The van der Waals surface area contributed by atoms with Gasteiger partial charge in [0, 0.05) is 23.1 Å². The lowest BCUT2D eigenvalue weighted by Crippen LogP contribution is -2.43. The van der Waals surface area contributed by atoms with Gasteiger partial charge in [-0.15, -0.1) is 11.3 Å². The number of aliphatic hydroxyl groups excluding tert-OH is 1. The third-order valence-corrected chi connectivity index (χ3v) is 3.95. The molecule has 102 valence electrons. The largest absolute Gasteiger partial charge is 0.394 e. The Morgan fingerprint density at radius 3 is 2.68 bits per heavy atom. The highest BCUT2D eigenvalue weighted by Crippen LogP contribution is 2.25. The zero-order chi connectivity index (χ0) is 13.9. The number of benzene rings is 1. The van der Waals surface area contributed by atoms with Crippen molar-refractivity contribution >= 4 is 11.3 Å². The highest BCUT2D eigenvalue weighted by atomic mass is 32.1. The van der Waals surface area contributed by atoms with Crippen molar-refractivity contribution in [2.24, 2.45) is 0 Å². The molecule has 1 aromatic heterocycles. The Kier molecular flexibility index (Phi) is 4.29. The predicted octanol–water partition coefficient (Wildman–Crippen LogP) is 3.02. The van der Waals surface area contributed by atoms with Crippen molar-refractivity contribution < 1.29 is 13.9 Å². The van der Waals surface area contributed by atoms with E-state index in [1.165, 1.54) is 12.1 Å². The van der Waals surface area contributed by atoms with Gasteiger partial charge in [0.2, 0.25) is 0 Å².